The lowest BCUT2D eigenvalue weighted by Crippen LogP contribution is -2.33. The van der Waals surface area contributed by atoms with Crippen molar-refractivity contribution in [3.05, 3.63) is 77.9 Å². The molecule has 1 heterocycles. The van der Waals surface area contributed by atoms with Gasteiger partial charge in [0.2, 0.25) is 5.91 Å². The number of amides is 1. The normalized spacial score (nSPS) is 13.4. The van der Waals surface area contributed by atoms with Gasteiger partial charge < -0.3 is 10.2 Å². The Kier molecular flexibility index (Phi) is 5.69. The molecule has 0 atom stereocenters. The highest BCUT2D eigenvalue weighted by atomic mass is 32.2. The number of para-hydroxylation sites is 2. The quantitative estimate of drug-likeness (QED) is 0.601. The zero-order valence-corrected chi connectivity index (χ0v) is 18.4. The number of rotatable bonds is 5. The van der Waals surface area contributed by atoms with Crippen molar-refractivity contribution in [2.45, 2.75) is 31.6 Å². The van der Waals surface area contributed by atoms with E-state index in [1.165, 1.54) is 6.92 Å². The molecule has 4 rings (SSSR count). The van der Waals surface area contributed by atoms with E-state index in [-0.39, 0.29) is 10.8 Å². The first-order chi connectivity index (χ1) is 14.8. The van der Waals surface area contributed by atoms with Crippen LogP contribution in [0.1, 0.15) is 24.5 Å². The maximum absolute atomic E-state index is 13.1. The van der Waals surface area contributed by atoms with Crippen LogP contribution < -0.4 is 14.9 Å². The first kappa shape index (κ1) is 20.9. The summed E-state index contributed by atoms with van der Waals surface area (Å²) in [5, 5.41) is 3.27. The fourth-order valence-electron chi connectivity index (χ4n) is 3.74. The predicted molar refractivity (Wildman–Crippen MR) is 125 cm³/mol. The van der Waals surface area contributed by atoms with E-state index in [1.807, 2.05) is 43.3 Å². The van der Waals surface area contributed by atoms with Gasteiger partial charge in [-0.3, -0.25) is 9.52 Å². The molecule has 1 aliphatic heterocycles. The lowest BCUT2D eigenvalue weighted by atomic mass is 10.0. The number of sulfonamides is 1. The molecule has 3 aromatic carbocycles. The van der Waals surface area contributed by atoms with Crippen LogP contribution in [-0.4, -0.2) is 20.9 Å². The largest absolute Gasteiger partial charge is 0.354 e. The molecule has 160 valence electrons. The Morgan fingerprint density at radius 1 is 0.968 bits per heavy atom. The average Bonchev–Trinajstić information content (AvgIpc) is 2.75. The van der Waals surface area contributed by atoms with Gasteiger partial charge in [-0.2, -0.15) is 0 Å². The summed E-state index contributed by atoms with van der Waals surface area (Å²) in [5.74, 6) is -0.0363. The fourth-order valence-corrected chi connectivity index (χ4v) is 4.87. The van der Waals surface area contributed by atoms with E-state index < -0.39 is 10.0 Å². The van der Waals surface area contributed by atoms with Crippen LogP contribution in [0.3, 0.4) is 0 Å². The zero-order chi connectivity index (χ0) is 22.0. The molecule has 0 spiro atoms. The van der Waals surface area contributed by atoms with Gasteiger partial charge in [0.05, 0.1) is 16.3 Å². The molecule has 2 N–H and O–H groups in total. The molecule has 0 bridgehead atoms. The number of fused-ring (bicyclic) bond motifs is 1. The minimum absolute atomic E-state index is 0.0363. The maximum atomic E-state index is 13.1. The molecule has 7 heteroatoms. The molecule has 31 heavy (non-hydrogen) atoms. The topological polar surface area (TPSA) is 78.5 Å². The fraction of sp³-hybridized carbons (Fsp3) is 0.208. The van der Waals surface area contributed by atoms with Gasteiger partial charge in [-0.25, -0.2) is 8.42 Å². The van der Waals surface area contributed by atoms with Crippen molar-refractivity contribution in [3.63, 3.8) is 0 Å². The van der Waals surface area contributed by atoms with Crippen molar-refractivity contribution in [2.75, 3.05) is 21.5 Å². The van der Waals surface area contributed by atoms with E-state index in [1.54, 1.807) is 35.2 Å². The Hall–Kier alpha value is -3.32. The summed E-state index contributed by atoms with van der Waals surface area (Å²) >= 11 is 0. The minimum atomic E-state index is -3.80. The second kappa shape index (κ2) is 8.43. The van der Waals surface area contributed by atoms with E-state index in [4.69, 9.17) is 0 Å². The molecule has 0 unspecified atom stereocenters. The van der Waals surface area contributed by atoms with Crippen molar-refractivity contribution in [3.8, 4) is 0 Å². The first-order valence-electron chi connectivity index (χ1n) is 10.2. The Balaban J connectivity index is 1.61. The van der Waals surface area contributed by atoms with E-state index in [2.05, 4.69) is 10.0 Å². The highest BCUT2D eigenvalue weighted by Gasteiger charge is 2.23. The molecular formula is C24H25N3O3S. The molecule has 0 radical (unpaired) electrons. The minimum Gasteiger partial charge on any atom is -0.354 e. The number of aryl methyl sites for hydroxylation is 2. The van der Waals surface area contributed by atoms with Gasteiger partial charge in [0.1, 0.15) is 0 Å². The lowest BCUT2D eigenvalue weighted by molar-refractivity contribution is -0.116. The van der Waals surface area contributed by atoms with Gasteiger partial charge in [-0.15, -0.1) is 0 Å². The van der Waals surface area contributed by atoms with Crippen LogP contribution in [-0.2, 0) is 21.2 Å². The van der Waals surface area contributed by atoms with Crippen molar-refractivity contribution in [1.29, 1.82) is 0 Å². The van der Waals surface area contributed by atoms with Gasteiger partial charge in [-0.05, 0) is 67.8 Å². The van der Waals surface area contributed by atoms with Gasteiger partial charge >= 0.3 is 0 Å². The third-order valence-electron chi connectivity index (χ3n) is 5.36. The molecule has 3 aromatic rings. The predicted octanol–water partition coefficient (Wildman–Crippen LogP) is 4.84. The number of carbonyl (C=O) groups is 1. The summed E-state index contributed by atoms with van der Waals surface area (Å²) in [5.41, 5.74) is 4.81. The molecule has 0 saturated heterocycles. The maximum Gasteiger partial charge on any atom is 0.261 e. The number of benzene rings is 3. The molecule has 1 amide bonds. The van der Waals surface area contributed by atoms with E-state index in [9.17, 15) is 13.2 Å². The van der Waals surface area contributed by atoms with Gasteiger partial charge in [-0.1, -0.05) is 29.8 Å². The van der Waals surface area contributed by atoms with Gasteiger partial charge in [0, 0.05) is 24.8 Å². The monoisotopic (exact) mass is 435 g/mol. The Labute approximate surface area is 183 Å². The summed E-state index contributed by atoms with van der Waals surface area (Å²) in [6, 6.07) is 20.0. The smallest absolute Gasteiger partial charge is 0.261 e. The standard InChI is InChI=1S/C24H25N3O3S/c1-17-9-11-20(12-10-17)25-22-7-3-4-8-23(22)26-31(29,30)21-13-14-24-19(16-21)6-5-15-27(24)18(2)28/h3-4,7-14,16,25-26H,5-6,15H2,1-2H3. The van der Waals surface area contributed by atoms with Crippen LogP contribution in [0.5, 0.6) is 0 Å². The molecule has 0 fully saturated rings. The van der Waals surface area contributed by atoms with Crippen LogP contribution in [0.15, 0.2) is 71.6 Å². The van der Waals surface area contributed by atoms with E-state index in [0.717, 1.165) is 35.3 Å². The number of anilines is 4. The van der Waals surface area contributed by atoms with Gasteiger partial charge in [0.15, 0.2) is 0 Å². The Morgan fingerprint density at radius 2 is 1.68 bits per heavy atom. The molecule has 1 aliphatic rings. The van der Waals surface area contributed by atoms with Crippen molar-refractivity contribution in [1.82, 2.24) is 0 Å². The van der Waals surface area contributed by atoms with E-state index >= 15 is 0 Å². The van der Waals surface area contributed by atoms with Crippen LogP contribution in [0.2, 0.25) is 0 Å². The van der Waals surface area contributed by atoms with Gasteiger partial charge in [0.25, 0.3) is 10.0 Å². The molecule has 0 saturated carbocycles. The molecule has 0 aromatic heterocycles. The highest BCUT2D eigenvalue weighted by molar-refractivity contribution is 7.92. The third kappa shape index (κ3) is 4.56. The van der Waals surface area contributed by atoms with Crippen LogP contribution >= 0.6 is 0 Å². The number of nitrogens with one attached hydrogen (secondary N) is 2. The number of hydrogen-bond acceptors (Lipinski definition) is 4. The summed E-state index contributed by atoms with van der Waals surface area (Å²) in [4.78, 5) is 13.8. The Bertz CT molecular complexity index is 1220. The first-order valence-corrected chi connectivity index (χ1v) is 11.7. The SMILES string of the molecule is CC(=O)N1CCCc2cc(S(=O)(=O)Nc3ccccc3Nc3ccc(C)cc3)ccc21. The van der Waals surface area contributed by atoms with Crippen LogP contribution in [0.4, 0.5) is 22.7 Å². The summed E-state index contributed by atoms with van der Waals surface area (Å²) in [7, 11) is -3.80. The number of nitrogens with zero attached hydrogens (tertiary/aromatic N) is 1. The summed E-state index contributed by atoms with van der Waals surface area (Å²) in [6.07, 6.45) is 1.56. The molecular weight excluding hydrogens is 410 g/mol. The van der Waals surface area contributed by atoms with Crippen LogP contribution in [0.25, 0.3) is 0 Å². The van der Waals surface area contributed by atoms with E-state index in [0.29, 0.717) is 17.9 Å². The van der Waals surface area contributed by atoms with Crippen LogP contribution in [0, 0.1) is 6.92 Å². The summed E-state index contributed by atoms with van der Waals surface area (Å²) in [6.45, 7) is 4.20. The number of hydrogen-bond donors (Lipinski definition) is 2. The van der Waals surface area contributed by atoms with Crippen molar-refractivity contribution >= 4 is 38.7 Å². The number of carbonyl (C=O) groups excluding carboxylic acids is 1. The zero-order valence-electron chi connectivity index (χ0n) is 17.6. The highest BCUT2D eigenvalue weighted by Crippen LogP contribution is 2.32. The Morgan fingerprint density at radius 3 is 2.39 bits per heavy atom. The van der Waals surface area contributed by atoms with Crippen molar-refractivity contribution < 1.29 is 13.2 Å². The lowest BCUT2D eigenvalue weighted by Gasteiger charge is -2.28. The second-order valence-electron chi connectivity index (χ2n) is 7.71. The average molecular weight is 436 g/mol. The second-order valence-corrected chi connectivity index (χ2v) is 9.39. The third-order valence-corrected chi connectivity index (χ3v) is 6.73. The molecule has 6 nitrogen and oxygen atoms in total. The summed E-state index contributed by atoms with van der Waals surface area (Å²) < 4.78 is 29.0. The van der Waals surface area contributed by atoms with Crippen molar-refractivity contribution in [2.24, 2.45) is 0 Å². The molecule has 0 aliphatic carbocycles.